The molecule has 0 aliphatic rings. The molecule has 3 heteroatoms. The van der Waals surface area contributed by atoms with Gasteiger partial charge in [0, 0.05) is 25.8 Å². The average Bonchev–Trinajstić information content (AvgIpc) is 2.48. The zero-order valence-electron chi connectivity index (χ0n) is 13.6. The van der Waals surface area contributed by atoms with Crippen molar-refractivity contribution in [2.24, 2.45) is 5.92 Å². The first-order valence-electron chi connectivity index (χ1n) is 7.98. The van der Waals surface area contributed by atoms with E-state index in [4.69, 9.17) is 5.73 Å². The van der Waals surface area contributed by atoms with Gasteiger partial charge >= 0.3 is 0 Å². The Kier molecular flexibility index (Phi) is 7.27. The van der Waals surface area contributed by atoms with Gasteiger partial charge in [0.05, 0.1) is 11.4 Å². The maximum atomic E-state index is 5.95. The summed E-state index contributed by atoms with van der Waals surface area (Å²) in [6, 6.07) is 6.29. The predicted octanol–water partition coefficient (Wildman–Crippen LogP) is 4.35. The first-order chi connectivity index (χ1) is 9.65. The van der Waals surface area contributed by atoms with Gasteiger partial charge in [-0.15, -0.1) is 0 Å². The average molecular weight is 277 g/mol. The molecule has 0 amide bonds. The molecule has 0 saturated heterocycles. The van der Waals surface area contributed by atoms with Gasteiger partial charge < -0.3 is 16.0 Å². The maximum Gasteiger partial charge on any atom is 0.0592 e. The van der Waals surface area contributed by atoms with E-state index in [9.17, 15) is 0 Å². The van der Waals surface area contributed by atoms with Crippen LogP contribution in [-0.2, 0) is 0 Å². The molecule has 0 saturated carbocycles. The molecule has 0 aromatic heterocycles. The Morgan fingerprint density at radius 2 is 2.00 bits per heavy atom. The number of nitrogen functional groups attached to an aromatic ring is 1. The van der Waals surface area contributed by atoms with Crippen molar-refractivity contribution >= 4 is 17.1 Å². The first-order valence-corrected chi connectivity index (χ1v) is 7.98. The van der Waals surface area contributed by atoms with Crippen molar-refractivity contribution in [3.05, 3.63) is 18.2 Å². The number of nitrogens with zero attached hydrogens (tertiary/aromatic N) is 1. The number of hydrogen-bond donors (Lipinski definition) is 2. The van der Waals surface area contributed by atoms with Gasteiger partial charge in [-0.25, -0.2) is 0 Å². The smallest absolute Gasteiger partial charge is 0.0592 e. The molecule has 1 aromatic carbocycles. The fourth-order valence-electron chi connectivity index (χ4n) is 2.60. The standard InChI is InChI=1S/C17H31N3/c1-5-8-9-14(6-2)13-20(7-3)15-10-11-16(18)17(12-15)19-4/h10-12,14,19H,5-9,13,18H2,1-4H3. The summed E-state index contributed by atoms with van der Waals surface area (Å²) in [5.41, 5.74) is 9.05. The lowest BCUT2D eigenvalue weighted by Gasteiger charge is -2.28. The Morgan fingerprint density at radius 3 is 2.55 bits per heavy atom. The number of rotatable bonds is 9. The van der Waals surface area contributed by atoms with Gasteiger partial charge in [-0.1, -0.05) is 33.1 Å². The summed E-state index contributed by atoms with van der Waals surface area (Å²) >= 11 is 0. The van der Waals surface area contributed by atoms with E-state index in [-0.39, 0.29) is 0 Å². The molecule has 0 spiro atoms. The Morgan fingerprint density at radius 1 is 1.25 bits per heavy atom. The van der Waals surface area contributed by atoms with E-state index in [0.29, 0.717) is 0 Å². The molecule has 114 valence electrons. The molecule has 1 aromatic rings. The molecular formula is C17H31N3. The predicted molar refractivity (Wildman–Crippen MR) is 91.6 cm³/mol. The lowest BCUT2D eigenvalue weighted by atomic mass is 9.98. The molecule has 1 rings (SSSR count). The fourth-order valence-corrected chi connectivity index (χ4v) is 2.60. The minimum Gasteiger partial charge on any atom is -0.397 e. The molecule has 1 atom stereocenters. The van der Waals surface area contributed by atoms with Crippen molar-refractivity contribution in [2.75, 3.05) is 36.1 Å². The highest BCUT2D eigenvalue weighted by atomic mass is 15.1. The molecule has 3 nitrogen and oxygen atoms in total. The second-order valence-electron chi connectivity index (χ2n) is 5.48. The summed E-state index contributed by atoms with van der Waals surface area (Å²) in [5, 5.41) is 3.16. The molecule has 0 aliphatic carbocycles. The number of nitrogens with two attached hydrogens (primary N) is 1. The highest BCUT2D eigenvalue weighted by molar-refractivity contribution is 5.72. The van der Waals surface area contributed by atoms with Gasteiger partial charge in [0.1, 0.15) is 0 Å². The van der Waals surface area contributed by atoms with Crippen LogP contribution >= 0.6 is 0 Å². The lowest BCUT2D eigenvalue weighted by Crippen LogP contribution is -2.29. The van der Waals surface area contributed by atoms with Gasteiger partial charge in [0.25, 0.3) is 0 Å². The van der Waals surface area contributed by atoms with Crippen LogP contribution < -0.4 is 16.0 Å². The van der Waals surface area contributed by atoms with Crippen molar-refractivity contribution in [1.82, 2.24) is 0 Å². The quantitative estimate of drug-likeness (QED) is 0.659. The second kappa shape index (κ2) is 8.72. The highest BCUT2D eigenvalue weighted by Crippen LogP contribution is 2.26. The van der Waals surface area contributed by atoms with Gasteiger partial charge in [0.2, 0.25) is 0 Å². The number of benzene rings is 1. The molecule has 1 unspecified atom stereocenters. The molecule has 0 radical (unpaired) electrons. The Hall–Kier alpha value is -1.38. The van der Waals surface area contributed by atoms with E-state index in [0.717, 1.165) is 30.4 Å². The summed E-state index contributed by atoms with van der Waals surface area (Å²) in [6.07, 6.45) is 5.20. The summed E-state index contributed by atoms with van der Waals surface area (Å²) in [6.45, 7) is 8.97. The Balaban J connectivity index is 2.78. The molecule has 20 heavy (non-hydrogen) atoms. The molecule has 0 aliphatic heterocycles. The summed E-state index contributed by atoms with van der Waals surface area (Å²) < 4.78 is 0. The third kappa shape index (κ3) is 4.62. The third-order valence-corrected chi connectivity index (χ3v) is 4.07. The van der Waals surface area contributed by atoms with Crippen LogP contribution in [-0.4, -0.2) is 20.1 Å². The highest BCUT2D eigenvalue weighted by Gasteiger charge is 2.13. The van der Waals surface area contributed by atoms with Crippen LogP contribution in [0.5, 0.6) is 0 Å². The van der Waals surface area contributed by atoms with Crippen LogP contribution in [0.2, 0.25) is 0 Å². The van der Waals surface area contributed by atoms with E-state index in [1.807, 2.05) is 13.1 Å². The SMILES string of the molecule is CCCCC(CC)CN(CC)c1ccc(N)c(NC)c1. The zero-order chi connectivity index (χ0) is 15.0. The van der Waals surface area contributed by atoms with Crippen LogP contribution in [0.25, 0.3) is 0 Å². The van der Waals surface area contributed by atoms with Crippen LogP contribution in [0.1, 0.15) is 46.5 Å². The van der Waals surface area contributed by atoms with E-state index in [1.165, 1.54) is 31.4 Å². The Labute approximate surface area is 124 Å². The molecule has 0 fully saturated rings. The monoisotopic (exact) mass is 277 g/mol. The number of anilines is 3. The van der Waals surface area contributed by atoms with Crippen molar-refractivity contribution in [1.29, 1.82) is 0 Å². The van der Waals surface area contributed by atoms with Crippen LogP contribution in [0, 0.1) is 5.92 Å². The largest absolute Gasteiger partial charge is 0.397 e. The molecule has 0 bridgehead atoms. The zero-order valence-corrected chi connectivity index (χ0v) is 13.6. The number of unbranched alkanes of at least 4 members (excludes halogenated alkanes) is 1. The topological polar surface area (TPSA) is 41.3 Å². The van der Waals surface area contributed by atoms with Gasteiger partial charge in [0.15, 0.2) is 0 Å². The van der Waals surface area contributed by atoms with E-state index < -0.39 is 0 Å². The minimum atomic E-state index is 0.783. The summed E-state index contributed by atoms with van der Waals surface area (Å²) in [4.78, 5) is 2.46. The van der Waals surface area contributed by atoms with Gasteiger partial charge in [-0.05, 0) is 37.5 Å². The van der Waals surface area contributed by atoms with E-state index >= 15 is 0 Å². The molecular weight excluding hydrogens is 246 g/mol. The first kappa shape index (κ1) is 16.7. The fraction of sp³-hybridized carbons (Fsp3) is 0.647. The summed E-state index contributed by atoms with van der Waals surface area (Å²) in [5.74, 6) is 0.783. The van der Waals surface area contributed by atoms with Crippen molar-refractivity contribution in [3.8, 4) is 0 Å². The third-order valence-electron chi connectivity index (χ3n) is 4.07. The van der Waals surface area contributed by atoms with Crippen molar-refractivity contribution < 1.29 is 0 Å². The minimum absolute atomic E-state index is 0.783. The second-order valence-corrected chi connectivity index (χ2v) is 5.48. The van der Waals surface area contributed by atoms with Crippen LogP contribution in [0.3, 0.4) is 0 Å². The normalized spacial score (nSPS) is 12.2. The van der Waals surface area contributed by atoms with Gasteiger partial charge in [-0.2, -0.15) is 0 Å². The van der Waals surface area contributed by atoms with Crippen LogP contribution in [0.15, 0.2) is 18.2 Å². The van der Waals surface area contributed by atoms with Crippen molar-refractivity contribution in [3.63, 3.8) is 0 Å². The number of nitrogens with one attached hydrogen (secondary N) is 1. The number of hydrogen-bond acceptors (Lipinski definition) is 3. The molecule has 0 heterocycles. The lowest BCUT2D eigenvalue weighted by molar-refractivity contribution is 0.448. The van der Waals surface area contributed by atoms with Gasteiger partial charge in [-0.3, -0.25) is 0 Å². The molecule has 3 N–H and O–H groups in total. The van der Waals surface area contributed by atoms with E-state index in [1.54, 1.807) is 0 Å². The van der Waals surface area contributed by atoms with Crippen LogP contribution in [0.4, 0.5) is 17.1 Å². The van der Waals surface area contributed by atoms with E-state index in [2.05, 4.69) is 43.1 Å². The van der Waals surface area contributed by atoms with Crippen molar-refractivity contribution in [2.45, 2.75) is 46.5 Å². The summed E-state index contributed by atoms with van der Waals surface area (Å²) in [7, 11) is 1.92. The maximum absolute atomic E-state index is 5.95. The Bertz CT molecular complexity index is 390.